The Morgan fingerprint density at radius 1 is 1.26 bits per heavy atom. The van der Waals surface area contributed by atoms with Gasteiger partial charge in [-0.1, -0.05) is 25.5 Å². The van der Waals surface area contributed by atoms with Crippen LogP contribution in [-0.4, -0.2) is 42.8 Å². The van der Waals surface area contributed by atoms with Crippen LogP contribution in [0.5, 0.6) is 0 Å². The normalized spacial score (nSPS) is 48.9. The molecule has 0 saturated heterocycles. The first-order chi connectivity index (χ1) is 12.7. The average Bonchev–Trinajstić information content (AvgIpc) is 2.94. The van der Waals surface area contributed by atoms with Crippen LogP contribution in [0.1, 0.15) is 58.8 Å². The zero-order valence-electron chi connectivity index (χ0n) is 16.9. The van der Waals surface area contributed by atoms with E-state index in [9.17, 15) is 14.7 Å². The summed E-state index contributed by atoms with van der Waals surface area (Å²) in [7, 11) is 3.01. The van der Waals surface area contributed by atoms with Gasteiger partial charge in [-0.15, -0.1) is 0 Å². The number of ether oxygens (including phenoxy) is 2. The minimum absolute atomic E-state index is 0.110. The van der Waals surface area contributed by atoms with Crippen LogP contribution >= 0.6 is 0 Å². The lowest BCUT2D eigenvalue weighted by molar-refractivity contribution is -0.202. The van der Waals surface area contributed by atoms with Crippen LogP contribution in [0.4, 0.5) is 0 Å². The van der Waals surface area contributed by atoms with Crippen molar-refractivity contribution in [2.24, 2.45) is 28.6 Å². The van der Waals surface area contributed by atoms with Crippen molar-refractivity contribution in [1.29, 1.82) is 0 Å². The molecule has 4 aliphatic rings. The van der Waals surface area contributed by atoms with Crippen LogP contribution in [0.3, 0.4) is 0 Å². The Labute approximate surface area is 161 Å². The molecule has 4 aliphatic carbocycles. The number of aliphatic hydroxyl groups is 1. The number of allylic oxidation sites excluding steroid dienone is 2. The molecule has 1 N–H and O–H groups in total. The smallest absolute Gasteiger partial charge is 0.338 e. The third kappa shape index (κ3) is 2.30. The van der Waals surface area contributed by atoms with E-state index in [4.69, 9.17) is 9.47 Å². The van der Waals surface area contributed by atoms with Crippen molar-refractivity contribution in [1.82, 2.24) is 0 Å². The molecule has 7 atom stereocenters. The van der Waals surface area contributed by atoms with Gasteiger partial charge in [-0.25, -0.2) is 4.79 Å². The fraction of sp³-hybridized carbons (Fsp3) is 0.818. The molecule has 0 aromatic carbocycles. The van der Waals surface area contributed by atoms with Crippen LogP contribution in [0, 0.1) is 28.6 Å². The fourth-order valence-electron chi connectivity index (χ4n) is 7.52. The third-order valence-corrected chi connectivity index (χ3v) is 8.85. The highest BCUT2D eigenvalue weighted by Crippen LogP contribution is 2.67. The Bertz CT molecular complexity index is 699. The zero-order valence-corrected chi connectivity index (χ0v) is 16.9. The summed E-state index contributed by atoms with van der Waals surface area (Å²) in [6, 6.07) is 0. The number of rotatable bonds is 2. The standard InChI is InChI=1S/C22H32O5/c1-20-9-7-14(23)11-13(20)5-6-15-16-8-10-22(27-4,19(25)26-3)21(16,2)12-17(24)18(15)20/h5,15-18,24H,6-12H2,1-4H3/t15?,16?,17?,18?,20?,21?,22-/m1/s1. The maximum absolute atomic E-state index is 12.7. The zero-order chi connectivity index (χ0) is 19.6. The third-order valence-electron chi connectivity index (χ3n) is 8.85. The fourth-order valence-corrected chi connectivity index (χ4v) is 7.52. The van der Waals surface area contributed by atoms with Gasteiger partial charge in [0, 0.05) is 25.4 Å². The minimum atomic E-state index is -0.980. The first-order valence-electron chi connectivity index (χ1n) is 10.3. The van der Waals surface area contributed by atoms with Crippen LogP contribution in [0.15, 0.2) is 11.6 Å². The van der Waals surface area contributed by atoms with E-state index < -0.39 is 17.1 Å². The van der Waals surface area contributed by atoms with Crippen molar-refractivity contribution < 1.29 is 24.2 Å². The molecule has 150 valence electrons. The molecule has 0 amide bonds. The molecule has 0 heterocycles. The maximum atomic E-state index is 12.7. The molecule has 4 rings (SSSR count). The lowest BCUT2D eigenvalue weighted by Crippen LogP contribution is -2.62. The van der Waals surface area contributed by atoms with Gasteiger partial charge >= 0.3 is 5.97 Å². The number of carbonyl (C=O) groups excluding carboxylic acids is 2. The highest BCUT2D eigenvalue weighted by Gasteiger charge is 2.69. The molecule has 0 aromatic rings. The number of carbonyl (C=O) groups is 2. The Morgan fingerprint density at radius 2 is 2.00 bits per heavy atom. The highest BCUT2D eigenvalue weighted by atomic mass is 16.6. The number of hydrogen-bond acceptors (Lipinski definition) is 5. The molecular formula is C22H32O5. The molecule has 5 heteroatoms. The summed E-state index contributed by atoms with van der Waals surface area (Å²) >= 11 is 0. The van der Waals surface area contributed by atoms with Gasteiger partial charge in [-0.2, -0.15) is 0 Å². The lowest BCUT2D eigenvalue weighted by Gasteiger charge is -2.60. The summed E-state index contributed by atoms with van der Waals surface area (Å²) < 4.78 is 11.0. The van der Waals surface area contributed by atoms with Crippen molar-refractivity contribution in [3.8, 4) is 0 Å². The van der Waals surface area contributed by atoms with Crippen LogP contribution in [0.2, 0.25) is 0 Å². The van der Waals surface area contributed by atoms with E-state index in [1.807, 2.05) is 0 Å². The summed E-state index contributed by atoms with van der Waals surface area (Å²) in [6.07, 6.45) is 6.70. The second kappa shape index (κ2) is 6.15. The molecule has 0 aliphatic heterocycles. The Kier molecular flexibility index (Phi) is 4.36. The number of fused-ring (bicyclic) bond motifs is 5. The van der Waals surface area contributed by atoms with Gasteiger partial charge in [0.05, 0.1) is 13.2 Å². The van der Waals surface area contributed by atoms with Gasteiger partial charge in [0.15, 0.2) is 5.60 Å². The Hall–Kier alpha value is -1.20. The van der Waals surface area contributed by atoms with Gasteiger partial charge in [0.1, 0.15) is 5.78 Å². The number of aliphatic hydroxyl groups excluding tert-OH is 1. The second-order valence-corrected chi connectivity index (χ2v) is 9.64. The number of hydrogen-bond donors (Lipinski definition) is 1. The van der Waals surface area contributed by atoms with E-state index in [2.05, 4.69) is 19.9 Å². The second-order valence-electron chi connectivity index (χ2n) is 9.64. The van der Waals surface area contributed by atoms with E-state index >= 15 is 0 Å². The van der Waals surface area contributed by atoms with Crippen molar-refractivity contribution in [3.63, 3.8) is 0 Å². The van der Waals surface area contributed by atoms with Crippen molar-refractivity contribution in [2.75, 3.05) is 14.2 Å². The van der Waals surface area contributed by atoms with Crippen molar-refractivity contribution >= 4 is 11.8 Å². The topological polar surface area (TPSA) is 72.8 Å². The van der Waals surface area contributed by atoms with E-state index in [0.717, 1.165) is 19.3 Å². The quantitative estimate of drug-likeness (QED) is 0.592. The molecule has 3 fully saturated rings. The number of esters is 1. The van der Waals surface area contributed by atoms with Gasteiger partial charge in [0.25, 0.3) is 0 Å². The lowest BCUT2D eigenvalue weighted by atomic mass is 9.46. The predicted octanol–water partition coefficient (Wildman–Crippen LogP) is 3.05. The molecule has 27 heavy (non-hydrogen) atoms. The first-order valence-corrected chi connectivity index (χ1v) is 10.3. The molecular weight excluding hydrogens is 344 g/mol. The number of methoxy groups -OCH3 is 2. The Morgan fingerprint density at radius 3 is 2.67 bits per heavy atom. The summed E-state index contributed by atoms with van der Waals surface area (Å²) in [5.41, 5.74) is -0.305. The van der Waals surface area contributed by atoms with E-state index in [1.165, 1.54) is 12.7 Å². The molecule has 3 saturated carbocycles. The van der Waals surface area contributed by atoms with E-state index in [0.29, 0.717) is 43.3 Å². The van der Waals surface area contributed by atoms with Crippen molar-refractivity contribution in [3.05, 3.63) is 11.6 Å². The minimum Gasteiger partial charge on any atom is -0.467 e. The van der Waals surface area contributed by atoms with E-state index in [-0.39, 0.29) is 17.3 Å². The van der Waals surface area contributed by atoms with Gasteiger partial charge in [-0.3, -0.25) is 4.79 Å². The van der Waals surface area contributed by atoms with Crippen LogP contribution in [0.25, 0.3) is 0 Å². The van der Waals surface area contributed by atoms with E-state index in [1.54, 1.807) is 7.11 Å². The number of Topliss-reactive ketones (excluding diaryl/α,β-unsaturated/α-hetero) is 1. The van der Waals surface area contributed by atoms with Crippen molar-refractivity contribution in [2.45, 2.75) is 70.5 Å². The monoisotopic (exact) mass is 376 g/mol. The largest absolute Gasteiger partial charge is 0.467 e. The SMILES string of the molecule is COC(=O)[C@]1(OC)CCC2C3CC=C4CC(=O)CCC4(C)C3C(O)CC21C. The van der Waals surface area contributed by atoms with Crippen LogP contribution < -0.4 is 0 Å². The predicted molar refractivity (Wildman–Crippen MR) is 99.9 cm³/mol. The maximum Gasteiger partial charge on any atom is 0.338 e. The number of ketones is 1. The summed E-state index contributed by atoms with van der Waals surface area (Å²) in [6.45, 7) is 4.35. The molecule has 0 radical (unpaired) electrons. The highest BCUT2D eigenvalue weighted by molar-refractivity contribution is 5.83. The summed E-state index contributed by atoms with van der Waals surface area (Å²) in [4.78, 5) is 24.7. The molecule has 0 bridgehead atoms. The Balaban J connectivity index is 1.75. The van der Waals surface area contributed by atoms with Crippen LogP contribution in [-0.2, 0) is 19.1 Å². The molecule has 6 unspecified atom stereocenters. The van der Waals surface area contributed by atoms with Gasteiger partial charge < -0.3 is 14.6 Å². The first kappa shape index (κ1) is 19.1. The molecule has 0 spiro atoms. The average molecular weight is 376 g/mol. The van der Waals surface area contributed by atoms with Gasteiger partial charge in [-0.05, 0) is 55.3 Å². The molecule has 5 nitrogen and oxygen atoms in total. The molecule has 0 aromatic heterocycles. The van der Waals surface area contributed by atoms with Gasteiger partial charge in [0.2, 0.25) is 0 Å². The summed E-state index contributed by atoms with van der Waals surface area (Å²) in [5.74, 6) is 0.757. The summed E-state index contributed by atoms with van der Waals surface area (Å²) in [5, 5.41) is 11.3.